The summed E-state index contributed by atoms with van der Waals surface area (Å²) in [5.74, 6) is 0.431. The van der Waals surface area contributed by atoms with Crippen molar-refractivity contribution in [2.24, 2.45) is 0 Å². The second-order valence-electron chi connectivity index (χ2n) is 4.24. The second kappa shape index (κ2) is 5.75. The first kappa shape index (κ1) is 13.4. The van der Waals surface area contributed by atoms with E-state index in [1.165, 1.54) is 23.5 Å². The molecule has 0 aliphatic heterocycles. The number of aromatic nitrogens is 1. The van der Waals surface area contributed by atoms with Crippen LogP contribution in [0.5, 0.6) is 0 Å². The van der Waals surface area contributed by atoms with Gasteiger partial charge in [0.25, 0.3) is 0 Å². The van der Waals surface area contributed by atoms with E-state index in [1.807, 2.05) is 6.92 Å². The molecule has 1 N–H and O–H groups in total. The van der Waals surface area contributed by atoms with Gasteiger partial charge in [-0.1, -0.05) is 11.3 Å². The highest BCUT2D eigenvalue weighted by molar-refractivity contribution is 7.84. The molecule has 18 heavy (non-hydrogen) atoms. The lowest BCUT2D eigenvalue weighted by Crippen LogP contribution is -2.17. The van der Waals surface area contributed by atoms with E-state index in [0.29, 0.717) is 5.75 Å². The Balaban J connectivity index is 2.05. The van der Waals surface area contributed by atoms with Gasteiger partial charge >= 0.3 is 0 Å². The Morgan fingerprint density at radius 3 is 3.06 bits per heavy atom. The van der Waals surface area contributed by atoms with Crippen molar-refractivity contribution >= 4 is 37.5 Å². The summed E-state index contributed by atoms with van der Waals surface area (Å²) in [6.07, 6.45) is 2.53. The highest BCUT2D eigenvalue weighted by Gasteiger charge is 2.08. The number of hydrogen-bond donors (Lipinski definition) is 1. The van der Waals surface area contributed by atoms with Crippen LogP contribution in [0.15, 0.2) is 18.2 Å². The number of nitrogens with zero attached hydrogens (tertiary/aromatic N) is 1. The summed E-state index contributed by atoms with van der Waals surface area (Å²) in [4.78, 5) is 4.39. The first-order valence-corrected chi connectivity index (χ1v) is 8.21. The number of fused-ring (bicyclic) bond motifs is 1. The molecule has 98 valence electrons. The fourth-order valence-electron chi connectivity index (χ4n) is 1.59. The molecule has 1 aromatic heterocycles. The summed E-state index contributed by atoms with van der Waals surface area (Å²) in [6.45, 7) is 2.03. The summed E-state index contributed by atoms with van der Waals surface area (Å²) < 4.78 is 24.9. The van der Waals surface area contributed by atoms with E-state index in [1.54, 1.807) is 12.3 Å². The molecule has 0 saturated carbocycles. The first-order chi connectivity index (χ1) is 8.54. The topological polar surface area (TPSA) is 42.0 Å². The molecule has 1 heterocycles. The van der Waals surface area contributed by atoms with Crippen molar-refractivity contribution in [1.82, 2.24) is 4.98 Å². The highest BCUT2D eigenvalue weighted by Crippen LogP contribution is 2.27. The molecule has 2 atom stereocenters. The zero-order chi connectivity index (χ0) is 13.1. The average molecular weight is 286 g/mol. The normalized spacial score (nSPS) is 14.6. The van der Waals surface area contributed by atoms with Gasteiger partial charge in [0.05, 0.1) is 10.2 Å². The minimum absolute atomic E-state index is 0.208. The van der Waals surface area contributed by atoms with Crippen molar-refractivity contribution in [3.63, 3.8) is 0 Å². The van der Waals surface area contributed by atoms with Crippen LogP contribution in [-0.4, -0.2) is 27.2 Å². The average Bonchev–Trinajstić information content (AvgIpc) is 2.67. The maximum absolute atomic E-state index is 13.0. The predicted octanol–water partition coefficient (Wildman–Crippen LogP) is 3.00. The van der Waals surface area contributed by atoms with Gasteiger partial charge in [-0.15, -0.1) is 0 Å². The van der Waals surface area contributed by atoms with Gasteiger partial charge < -0.3 is 5.32 Å². The van der Waals surface area contributed by atoms with E-state index in [2.05, 4.69) is 10.3 Å². The Morgan fingerprint density at radius 1 is 1.56 bits per heavy atom. The van der Waals surface area contributed by atoms with Gasteiger partial charge in [-0.2, -0.15) is 0 Å². The smallest absolute Gasteiger partial charge is 0.184 e. The number of benzene rings is 1. The summed E-state index contributed by atoms with van der Waals surface area (Å²) in [6, 6.07) is 4.79. The van der Waals surface area contributed by atoms with Gasteiger partial charge in [-0.05, 0) is 31.5 Å². The fourth-order valence-corrected chi connectivity index (χ4v) is 3.27. The zero-order valence-electron chi connectivity index (χ0n) is 10.3. The van der Waals surface area contributed by atoms with Crippen LogP contribution >= 0.6 is 11.3 Å². The second-order valence-corrected chi connectivity index (χ2v) is 6.83. The Labute approximate surface area is 112 Å². The van der Waals surface area contributed by atoms with Crippen molar-refractivity contribution in [1.29, 1.82) is 0 Å². The minimum Gasteiger partial charge on any atom is -0.359 e. The van der Waals surface area contributed by atoms with Crippen LogP contribution in [0.1, 0.15) is 13.3 Å². The quantitative estimate of drug-likeness (QED) is 0.918. The molecule has 0 aliphatic rings. The van der Waals surface area contributed by atoms with Crippen molar-refractivity contribution < 1.29 is 8.60 Å². The van der Waals surface area contributed by atoms with Gasteiger partial charge in [-0.3, -0.25) is 4.21 Å². The van der Waals surface area contributed by atoms with Gasteiger partial charge in [0.15, 0.2) is 5.13 Å². The summed E-state index contributed by atoms with van der Waals surface area (Å²) in [5, 5.41) is 4.04. The van der Waals surface area contributed by atoms with Crippen LogP contribution in [0.4, 0.5) is 9.52 Å². The molecule has 6 heteroatoms. The molecule has 1 aromatic carbocycles. The van der Waals surface area contributed by atoms with Crippen LogP contribution in [-0.2, 0) is 10.8 Å². The largest absolute Gasteiger partial charge is 0.359 e. The Bertz CT molecular complexity index is 570. The minimum atomic E-state index is -0.769. The van der Waals surface area contributed by atoms with E-state index < -0.39 is 10.8 Å². The molecule has 0 bridgehead atoms. The van der Waals surface area contributed by atoms with Crippen molar-refractivity contribution in [3.8, 4) is 0 Å². The first-order valence-electron chi connectivity index (χ1n) is 5.67. The third-order valence-corrected chi connectivity index (χ3v) is 4.32. The maximum Gasteiger partial charge on any atom is 0.184 e. The monoisotopic (exact) mass is 286 g/mol. The molecule has 0 amide bonds. The third kappa shape index (κ3) is 3.49. The standard InChI is InChI=1S/C12H15FN2OS2/c1-8(5-6-18(2)16)14-12-15-10-4-3-9(13)7-11(10)17-12/h3-4,7-8H,5-6H2,1-2H3,(H,14,15). The molecule has 2 rings (SSSR count). The van der Waals surface area contributed by atoms with Crippen LogP contribution in [0.3, 0.4) is 0 Å². The summed E-state index contributed by atoms with van der Waals surface area (Å²) in [7, 11) is -0.769. The molecule has 0 radical (unpaired) electrons. The number of hydrogen-bond acceptors (Lipinski definition) is 4. The number of anilines is 1. The van der Waals surface area contributed by atoms with Gasteiger partial charge in [0.1, 0.15) is 5.82 Å². The Kier molecular flexibility index (Phi) is 4.29. The Morgan fingerprint density at radius 2 is 2.33 bits per heavy atom. The van der Waals surface area contributed by atoms with Crippen LogP contribution in [0.25, 0.3) is 10.2 Å². The van der Waals surface area contributed by atoms with Crippen LogP contribution < -0.4 is 5.32 Å². The number of halogens is 1. The van der Waals surface area contributed by atoms with Gasteiger partial charge in [0, 0.05) is 28.9 Å². The third-order valence-electron chi connectivity index (χ3n) is 2.56. The van der Waals surface area contributed by atoms with Gasteiger partial charge in [-0.25, -0.2) is 9.37 Å². The summed E-state index contributed by atoms with van der Waals surface area (Å²) in [5.41, 5.74) is 0.801. The Hall–Kier alpha value is -1.01. The van der Waals surface area contributed by atoms with E-state index in [4.69, 9.17) is 0 Å². The summed E-state index contributed by atoms with van der Waals surface area (Å²) >= 11 is 1.44. The molecule has 2 unspecified atom stereocenters. The molecule has 0 fully saturated rings. The van der Waals surface area contributed by atoms with Crippen molar-refractivity contribution in [2.75, 3.05) is 17.3 Å². The molecule has 3 nitrogen and oxygen atoms in total. The number of nitrogens with one attached hydrogen (secondary N) is 1. The highest BCUT2D eigenvalue weighted by atomic mass is 32.2. The van der Waals surface area contributed by atoms with Crippen LogP contribution in [0.2, 0.25) is 0 Å². The maximum atomic E-state index is 13.0. The number of rotatable bonds is 5. The lowest BCUT2D eigenvalue weighted by molar-refractivity contribution is 0.630. The molecule has 0 spiro atoms. The lowest BCUT2D eigenvalue weighted by Gasteiger charge is -2.11. The SMILES string of the molecule is CC(CCS(C)=O)Nc1nc2ccc(F)cc2s1. The lowest BCUT2D eigenvalue weighted by atomic mass is 10.3. The van der Waals surface area contributed by atoms with Crippen LogP contribution in [0, 0.1) is 5.82 Å². The van der Waals surface area contributed by atoms with Crippen molar-refractivity contribution in [2.45, 2.75) is 19.4 Å². The van der Waals surface area contributed by atoms with Crippen molar-refractivity contribution in [3.05, 3.63) is 24.0 Å². The number of thiazole rings is 1. The molecule has 0 aliphatic carbocycles. The van der Waals surface area contributed by atoms with E-state index in [9.17, 15) is 8.60 Å². The van der Waals surface area contributed by atoms with E-state index in [0.717, 1.165) is 21.8 Å². The molecular weight excluding hydrogens is 271 g/mol. The fraction of sp³-hybridized carbons (Fsp3) is 0.417. The molecule has 2 aromatic rings. The van der Waals surface area contributed by atoms with Gasteiger partial charge in [0.2, 0.25) is 0 Å². The van der Waals surface area contributed by atoms with E-state index in [-0.39, 0.29) is 11.9 Å². The predicted molar refractivity (Wildman–Crippen MR) is 76.2 cm³/mol. The zero-order valence-corrected chi connectivity index (χ0v) is 11.9. The molecule has 0 saturated heterocycles. The molecular formula is C12H15FN2OS2. The van der Waals surface area contributed by atoms with E-state index >= 15 is 0 Å².